The van der Waals surface area contributed by atoms with Crippen LogP contribution in [0.5, 0.6) is 0 Å². The van der Waals surface area contributed by atoms with Crippen LogP contribution in [0.4, 0.5) is 8.78 Å². The molecule has 0 unspecified atom stereocenters. The number of morpholine rings is 1. The molecule has 1 fully saturated rings. The van der Waals surface area contributed by atoms with Gasteiger partial charge < -0.3 is 4.74 Å². The number of alkyl halides is 2. The first-order chi connectivity index (χ1) is 5.31. The molecule has 0 aromatic rings. The van der Waals surface area contributed by atoms with Gasteiger partial charge in [0.1, 0.15) is 0 Å². The van der Waals surface area contributed by atoms with Crippen molar-refractivity contribution in [2.75, 3.05) is 19.7 Å². The molecule has 72 valence electrons. The number of hydrogen-bond donors (Lipinski definition) is 0. The molecule has 1 heterocycles. The van der Waals surface area contributed by atoms with Crippen molar-refractivity contribution in [3.63, 3.8) is 0 Å². The van der Waals surface area contributed by atoms with Gasteiger partial charge in [-0.1, -0.05) is 0 Å². The highest BCUT2D eigenvalue weighted by molar-refractivity contribution is 4.81. The Hall–Kier alpha value is -0.220. The summed E-state index contributed by atoms with van der Waals surface area (Å²) in [5.41, 5.74) is -0.201. The zero-order valence-corrected chi connectivity index (χ0v) is 7.73. The zero-order chi connectivity index (χ0) is 9.41. The van der Waals surface area contributed by atoms with E-state index in [9.17, 15) is 8.78 Å². The molecular weight excluding hydrogens is 164 g/mol. The van der Waals surface area contributed by atoms with Gasteiger partial charge in [-0.3, -0.25) is 4.90 Å². The first-order valence-corrected chi connectivity index (χ1v) is 4.08. The predicted octanol–water partition coefficient (Wildman–Crippen LogP) is 1.71. The van der Waals surface area contributed by atoms with Crippen LogP contribution in [0, 0.1) is 0 Å². The molecule has 0 amide bonds. The molecule has 0 radical (unpaired) electrons. The highest BCUT2D eigenvalue weighted by Crippen LogP contribution is 2.25. The number of nitrogens with zero attached hydrogens (tertiary/aromatic N) is 1. The lowest BCUT2D eigenvalue weighted by Crippen LogP contribution is -2.54. The highest BCUT2D eigenvalue weighted by Gasteiger charge is 2.40. The van der Waals surface area contributed by atoms with Crippen molar-refractivity contribution in [3.8, 4) is 0 Å². The van der Waals surface area contributed by atoms with Crippen LogP contribution in [0.2, 0.25) is 0 Å². The summed E-state index contributed by atoms with van der Waals surface area (Å²) < 4.78 is 29.8. The van der Waals surface area contributed by atoms with E-state index in [-0.39, 0.29) is 18.7 Å². The summed E-state index contributed by atoms with van der Waals surface area (Å²) in [6.45, 7) is 6.18. The van der Waals surface area contributed by atoms with E-state index in [0.717, 1.165) is 0 Å². The number of ether oxygens (including phenoxy) is 1. The Kier molecular flexibility index (Phi) is 2.40. The molecule has 0 atom stereocenters. The Bertz CT molecular complexity index is 162. The molecule has 0 N–H and O–H groups in total. The fourth-order valence-electron chi connectivity index (χ4n) is 1.22. The normalized spacial score (nSPS) is 25.8. The first kappa shape index (κ1) is 9.86. The number of rotatable bonds is 0. The zero-order valence-electron chi connectivity index (χ0n) is 7.73. The van der Waals surface area contributed by atoms with Crippen molar-refractivity contribution in [1.82, 2.24) is 4.90 Å². The number of halogens is 2. The average molecular weight is 179 g/mol. The van der Waals surface area contributed by atoms with Crippen LogP contribution in [0.15, 0.2) is 0 Å². The summed E-state index contributed by atoms with van der Waals surface area (Å²) >= 11 is 0. The first-order valence-electron chi connectivity index (χ1n) is 4.08. The van der Waals surface area contributed by atoms with Crippen LogP contribution >= 0.6 is 0 Å². The molecule has 0 aliphatic carbocycles. The van der Waals surface area contributed by atoms with E-state index in [0.29, 0.717) is 6.54 Å². The second kappa shape index (κ2) is 2.92. The Morgan fingerprint density at radius 1 is 1.33 bits per heavy atom. The lowest BCUT2D eigenvalue weighted by molar-refractivity contribution is -0.277. The van der Waals surface area contributed by atoms with Gasteiger partial charge in [-0.05, 0) is 20.8 Å². The average Bonchev–Trinajstić information content (AvgIpc) is 1.83. The Morgan fingerprint density at radius 2 is 1.92 bits per heavy atom. The molecule has 1 aliphatic rings. The molecule has 0 bridgehead atoms. The molecule has 0 spiro atoms. The summed E-state index contributed by atoms with van der Waals surface area (Å²) in [4.78, 5) is 1.73. The second-order valence-corrected chi connectivity index (χ2v) is 4.08. The smallest absolute Gasteiger partial charge is 0.318 e. The van der Waals surface area contributed by atoms with Crippen molar-refractivity contribution in [2.45, 2.75) is 32.4 Å². The molecule has 1 aliphatic heterocycles. The molecule has 1 rings (SSSR count). The van der Waals surface area contributed by atoms with Gasteiger partial charge in [-0.2, -0.15) is 8.78 Å². The quantitative estimate of drug-likeness (QED) is 0.561. The lowest BCUT2D eigenvalue weighted by atomic mass is 10.1. The molecule has 0 aromatic heterocycles. The van der Waals surface area contributed by atoms with E-state index in [1.54, 1.807) is 4.90 Å². The van der Waals surface area contributed by atoms with E-state index >= 15 is 0 Å². The van der Waals surface area contributed by atoms with E-state index < -0.39 is 6.11 Å². The SMILES string of the molecule is CC(C)(C)N1CCOC(F)(F)C1. The van der Waals surface area contributed by atoms with Gasteiger partial charge in [0, 0.05) is 12.1 Å². The lowest BCUT2D eigenvalue weighted by Gasteiger charge is -2.40. The van der Waals surface area contributed by atoms with Gasteiger partial charge in [-0.15, -0.1) is 0 Å². The van der Waals surface area contributed by atoms with Gasteiger partial charge in [0.25, 0.3) is 0 Å². The van der Waals surface area contributed by atoms with Gasteiger partial charge in [0.2, 0.25) is 0 Å². The molecule has 0 saturated carbocycles. The minimum Gasteiger partial charge on any atom is -0.318 e. The molecule has 1 saturated heterocycles. The minimum atomic E-state index is -2.97. The van der Waals surface area contributed by atoms with Crippen molar-refractivity contribution in [3.05, 3.63) is 0 Å². The van der Waals surface area contributed by atoms with Crippen LogP contribution in [0.25, 0.3) is 0 Å². The van der Waals surface area contributed by atoms with Gasteiger partial charge >= 0.3 is 6.11 Å². The molecule has 2 nitrogen and oxygen atoms in total. The summed E-state index contributed by atoms with van der Waals surface area (Å²) in [6, 6.07) is 0. The van der Waals surface area contributed by atoms with Crippen molar-refractivity contribution in [1.29, 1.82) is 0 Å². The van der Waals surface area contributed by atoms with E-state index in [2.05, 4.69) is 4.74 Å². The summed E-state index contributed by atoms with van der Waals surface area (Å²) in [5, 5.41) is 0. The van der Waals surface area contributed by atoms with Gasteiger partial charge in [-0.25, -0.2) is 0 Å². The summed E-state index contributed by atoms with van der Waals surface area (Å²) in [7, 11) is 0. The maximum Gasteiger partial charge on any atom is 0.368 e. The maximum absolute atomic E-state index is 12.7. The van der Waals surface area contributed by atoms with Crippen molar-refractivity contribution < 1.29 is 13.5 Å². The minimum absolute atomic E-state index is 0.115. The Morgan fingerprint density at radius 3 is 2.25 bits per heavy atom. The van der Waals surface area contributed by atoms with Crippen molar-refractivity contribution in [2.24, 2.45) is 0 Å². The molecular formula is C8H15F2NO. The summed E-state index contributed by atoms with van der Waals surface area (Å²) in [5.74, 6) is 0. The standard InChI is InChI=1S/C8H15F2NO/c1-7(2,3)11-4-5-12-8(9,10)6-11/h4-6H2,1-3H3. The van der Waals surface area contributed by atoms with E-state index in [1.165, 1.54) is 0 Å². The van der Waals surface area contributed by atoms with E-state index in [1.807, 2.05) is 20.8 Å². The van der Waals surface area contributed by atoms with Crippen LogP contribution in [-0.4, -0.2) is 36.2 Å². The second-order valence-electron chi connectivity index (χ2n) is 4.08. The van der Waals surface area contributed by atoms with Gasteiger partial charge in [0.15, 0.2) is 0 Å². The predicted molar refractivity (Wildman–Crippen MR) is 42.2 cm³/mol. The fourth-order valence-corrected chi connectivity index (χ4v) is 1.22. The third-order valence-corrected chi connectivity index (χ3v) is 2.00. The van der Waals surface area contributed by atoms with Crippen LogP contribution in [-0.2, 0) is 4.74 Å². The molecule has 4 heteroatoms. The third-order valence-electron chi connectivity index (χ3n) is 2.00. The highest BCUT2D eigenvalue weighted by atomic mass is 19.3. The molecule has 0 aromatic carbocycles. The van der Waals surface area contributed by atoms with Crippen LogP contribution in [0.3, 0.4) is 0 Å². The van der Waals surface area contributed by atoms with E-state index in [4.69, 9.17) is 0 Å². The molecule has 12 heavy (non-hydrogen) atoms. The monoisotopic (exact) mass is 179 g/mol. The third kappa shape index (κ3) is 2.38. The largest absolute Gasteiger partial charge is 0.368 e. The number of hydrogen-bond acceptors (Lipinski definition) is 2. The maximum atomic E-state index is 12.7. The van der Waals surface area contributed by atoms with Crippen molar-refractivity contribution >= 4 is 0 Å². The van der Waals surface area contributed by atoms with Gasteiger partial charge in [0.05, 0.1) is 13.2 Å². The summed E-state index contributed by atoms with van der Waals surface area (Å²) in [6.07, 6.45) is -2.97. The van der Waals surface area contributed by atoms with Crippen LogP contribution < -0.4 is 0 Å². The Balaban J connectivity index is 2.58. The van der Waals surface area contributed by atoms with Crippen LogP contribution in [0.1, 0.15) is 20.8 Å². The fraction of sp³-hybridized carbons (Fsp3) is 1.00. The topological polar surface area (TPSA) is 12.5 Å². The Labute approximate surface area is 71.5 Å².